The Bertz CT molecular complexity index is 424. The fraction of sp³-hybridized carbons (Fsp3) is 0.333. The van der Waals surface area contributed by atoms with Crippen LogP contribution in [0.15, 0.2) is 24.3 Å². The van der Waals surface area contributed by atoms with E-state index in [1.807, 2.05) is 0 Å². The van der Waals surface area contributed by atoms with Crippen LogP contribution in [0.2, 0.25) is 0 Å². The molecule has 1 fully saturated rings. The molecule has 17 heavy (non-hydrogen) atoms. The van der Waals surface area contributed by atoms with Crippen LogP contribution < -0.4 is 15.4 Å². The molecule has 5 nitrogen and oxygen atoms in total. The molecule has 5 heteroatoms. The number of ether oxygens (including phenoxy) is 1. The summed E-state index contributed by atoms with van der Waals surface area (Å²) in [5, 5.41) is 4.96. The van der Waals surface area contributed by atoms with Gasteiger partial charge in [-0.3, -0.25) is 10.1 Å². The van der Waals surface area contributed by atoms with Crippen molar-refractivity contribution in [3.05, 3.63) is 29.8 Å². The maximum atomic E-state index is 11.6. The highest BCUT2D eigenvalue weighted by Gasteiger charge is 2.24. The van der Waals surface area contributed by atoms with Gasteiger partial charge in [0.1, 0.15) is 5.75 Å². The number of hydrogen-bond acceptors (Lipinski definition) is 3. The van der Waals surface area contributed by atoms with E-state index in [0.717, 1.165) is 12.8 Å². The van der Waals surface area contributed by atoms with Crippen LogP contribution in [0.5, 0.6) is 5.75 Å². The molecule has 1 aliphatic carbocycles. The van der Waals surface area contributed by atoms with E-state index in [1.165, 1.54) is 0 Å². The first-order chi connectivity index (χ1) is 8.19. The average molecular weight is 234 g/mol. The molecule has 0 radical (unpaired) electrons. The quantitative estimate of drug-likeness (QED) is 0.828. The highest BCUT2D eigenvalue weighted by Crippen LogP contribution is 2.18. The molecule has 1 aromatic carbocycles. The fourth-order valence-electron chi connectivity index (χ4n) is 1.37. The molecule has 0 aliphatic heterocycles. The van der Waals surface area contributed by atoms with Gasteiger partial charge < -0.3 is 10.1 Å². The Morgan fingerprint density at radius 1 is 1.24 bits per heavy atom. The van der Waals surface area contributed by atoms with Crippen LogP contribution >= 0.6 is 0 Å². The molecule has 0 unspecified atom stereocenters. The Kier molecular flexibility index (Phi) is 3.27. The lowest BCUT2D eigenvalue weighted by Gasteiger charge is -2.06. The predicted octanol–water partition coefficient (Wildman–Crippen LogP) is 1.30. The van der Waals surface area contributed by atoms with Gasteiger partial charge in [0.2, 0.25) is 0 Å². The molecule has 1 aromatic rings. The molecular weight excluding hydrogens is 220 g/mol. The maximum Gasteiger partial charge on any atom is 0.321 e. The van der Waals surface area contributed by atoms with Gasteiger partial charge in [0, 0.05) is 11.6 Å². The lowest BCUT2D eigenvalue weighted by atomic mass is 10.2. The molecule has 90 valence electrons. The number of benzene rings is 1. The van der Waals surface area contributed by atoms with E-state index in [2.05, 4.69) is 10.6 Å². The molecule has 0 aromatic heterocycles. The zero-order chi connectivity index (χ0) is 12.3. The summed E-state index contributed by atoms with van der Waals surface area (Å²) in [6.07, 6.45) is 1.98. The van der Waals surface area contributed by atoms with Gasteiger partial charge >= 0.3 is 6.03 Å². The predicted molar refractivity (Wildman–Crippen MR) is 62.0 cm³/mol. The minimum Gasteiger partial charge on any atom is -0.497 e. The number of amides is 3. The molecule has 3 amide bonds. The SMILES string of the molecule is COc1ccc(C(=O)NC(=O)NC2CC2)cc1. The Morgan fingerprint density at radius 2 is 1.88 bits per heavy atom. The number of methoxy groups -OCH3 is 1. The van der Waals surface area contributed by atoms with Crippen molar-refractivity contribution in [1.82, 2.24) is 10.6 Å². The summed E-state index contributed by atoms with van der Waals surface area (Å²) < 4.78 is 4.98. The normalized spacial score (nSPS) is 13.9. The second-order valence-corrected chi connectivity index (χ2v) is 3.93. The molecule has 1 saturated carbocycles. The van der Waals surface area contributed by atoms with Crippen molar-refractivity contribution in [1.29, 1.82) is 0 Å². The van der Waals surface area contributed by atoms with E-state index in [0.29, 0.717) is 11.3 Å². The van der Waals surface area contributed by atoms with Gasteiger partial charge in [0.05, 0.1) is 7.11 Å². The van der Waals surface area contributed by atoms with Crippen molar-refractivity contribution < 1.29 is 14.3 Å². The average Bonchev–Trinajstić information content (AvgIpc) is 3.12. The summed E-state index contributed by atoms with van der Waals surface area (Å²) in [6, 6.07) is 6.37. The van der Waals surface area contributed by atoms with Gasteiger partial charge in [-0.2, -0.15) is 0 Å². The largest absolute Gasteiger partial charge is 0.497 e. The minimum absolute atomic E-state index is 0.235. The lowest BCUT2D eigenvalue weighted by Crippen LogP contribution is -2.40. The molecule has 0 spiro atoms. The highest BCUT2D eigenvalue weighted by molar-refractivity contribution is 6.04. The van der Waals surface area contributed by atoms with Crippen LogP contribution in [-0.2, 0) is 0 Å². The number of hydrogen-bond donors (Lipinski definition) is 2. The van der Waals surface area contributed by atoms with E-state index < -0.39 is 11.9 Å². The van der Waals surface area contributed by atoms with E-state index in [4.69, 9.17) is 4.74 Å². The van der Waals surface area contributed by atoms with Crippen molar-refractivity contribution in [2.45, 2.75) is 18.9 Å². The van der Waals surface area contributed by atoms with E-state index in [1.54, 1.807) is 31.4 Å². The smallest absolute Gasteiger partial charge is 0.321 e. The first kappa shape index (κ1) is 11.4. The summed E-state index contributed by atoms with van der Waals surface area (Å²) in [7, 11) is 1.55. The third-order valence-electron chi connectivity index (χ3n) is 2.49. The Morgan fingerprint density at radius 3 is 2.41 bits per heavy atom. The van der Waals surface area contributed by atoms with Crippen LogP contribution in [0.4, 0.5) is 4.79 Å². The number of nitrogens with one attached hydrogen (secondary N) is 2. The lowest BCUT2D eigenvalue weighted by molar-refractivity contribution is 0.0964. The Hall–Kier alpha value is -2.04. The molecule has 1 aliphatic rings. The zero-order valence-corrected chi connectivity index (χ0v) is 9.53. The van der Waals surface area contributed by atoms with Crippen molar-refractivity contribution >= 4 is 11.9 Å². The Balaban J connectivity index is 1.91. The number of urea groups is 1. The van der Waals surface area contributed by atoms with Gasteiger partial charge in [-0.1, -0.05) is 0 Å². The van der Waals surface area contributed by atoms with Crippen LogP contribution in [-0.4, -0.2) is 25.1 Å². The Labute approximate surface area is 99.2 Å². The van der Waals surface area contributed by atoms with Crippen LogP contribution in [0.1, 0.15) is 23.2 Å². The van der Waals surface area contributed by atoms with Gasteiger partial charge in [-0.15, -0.1) is 0 Å². The summed E-state index contributed by atoms with van der Waals surface area (Å²) in [4.78, 5) is 23.0. The van der Waals surface area contributed by atoms with Gasteiger partial charge in [-0.05, 0) is 37.1 Å². The molecular formula is C12H14N2O3. The summed E-state index contributed by atoms with van der Waals surface area (Å²) >= 11 is 0. The second kappa shape index (κ2) is 4.86. The zero-order valence-electron chi connectivity index (χ0n) is 9.53. The van der Waals surface area contributed by atoms with Crippen molar-refractivity contribution in [3.63, 3.8) is 0 Å². The summed E-state index contributed by atoms with van der Waals surface area (Å²) in [6.45, 7) is 0. The number of rotatable bonds is 3. The molecule has 0 bridgehead atoms. The van der Waals surface area contributed by atoms with E-state index in [-0.39, 0.29) is 6.04 Å². The van der Waals surface area contributed by atoms with Crippen LogP contribution in [0.25, 0.3) is 0 Å². The maximum absolute atomic E-state index is 11.6. The molecule has 2 N–H and O–H groups in total. The van der Waals surface area contributed by atoms with Gasteiger partial charge in [-0.25, -0.2) is 4.79 Å². The third-order valence-corrected chi connectivity index (χ3v) is 2.49. The number of imide groups is 1. The van der Waals surface area contributed by atoms with Crippen LogP contribution in [0, 0.1) is 0 Å². The standard InChI is InChI=1S/C12H14N2O3/c1-17-10-6-2-8(3-7-10)11(15)14-12(16)13-9-4-5-9/h2-3,6-7,9H,4-5H2,1H3,(H2,13,14,15,16). The monoisotopic (exact) mass is 234 g/mol. The first-order valence-electron chi connectivity index (χ1n) is 5.45. The number of carbonyl (C=O) groups excluding carboxylic acids is 2. The summed E-state index contributed by atoms with van der Waals surface area (Å²) in [5.41, 5.74) is 0.428. The highest BCUT2D eigenvalue weighted by atomic mass is 16.5. The van der Waals surface area contributed by atoms with Crippen molar-refractivity contribution in [2.75, 3.05) is 7.11 Å². The van der Waals surface area contributed by atoms with Crippen molar-refractivity contribution in [2.24, 2.45) is 0 Å². The van der Waals surface area contributed by atoms with Crippen LogP contribution in [0.3, 0.4) is 0 Å². The fourth-order valence-corrected chi connectivity index (χ4v) is 1.37. The molecule has 2 rings (SSSR count). The molecule has 0 saturated heterocycles. The summed E-state index contributed by atoms with van der Waals surface area (Å²) in [5.74, 6) is 0.259. The first-order valence-corrected chi connectivity index (χ1v) is 5.45. The number of carbonyl (C=O) groups is 2. The van der Waals surface area contributed by atoms with Gasteiger partial charge in [0.25, 0.3) is 5.91 Å². The third kappa shape index (κ3) is 3.21. The van der Waals surface area contributed by atoms with Crippen molar-refractivity contribution in [3.8, 4) is 5.75 Å². The second-order valence-electron chi connectivity index (χ2n) is 3.93. The van der Waals surface area contributed by atoms with E-state index >= 15 is 0 Å². The minimum atomic E-state index is -0.437. The molecule has 0 heterocycles. The topological polar surface area (TPSA) is 67.4 Å². The van der Waals surface area contributed by atoms with Gasteiger partial charge in [0.15, 0.2) is 0 Å². The molecule has 0 atom stereocenters. The van der Waals surface area contributed by atoms with E-state index in [9.17, 15) is 9.59 Å².